The first-order valence-electron chi connectivity index (χ1n) is 6.00. The molecule has 0 amide bonds. The highest BCUT2D eigenvalue weighted by atomic mass is 35.5. The lowest BCUT2D eigenvalue weighted by Gasteiger charge is -2.13. The topological polar surface area (TPSA) is 39.2 Å². The van der Waals surface area contributed by atoms with Crippen molar-refractivity contribution in [1.29, 1.82) is 0 Å². The third kappa shape index (κ3) is 4.26. The van der Waals surface area contributed by atoms with Gasteiger partial charge in [0.2, 0.25) is 0 Å². The minimum absolute atomic E-state index is 0.121. The summed E-state index contributed by atoms with van der Waals surface area (Å²) in [4.78, 5) is 15.3. The number of rotatable bonds is 6. The summed E-state index contributed by atoms with van der Waals surface area (Å²) in [6, 6.07) is 3.63. The molecule has 0 N–H and O–H groups in total. The monoisotopic (exact) mass is 319 g/mol. The van der Waals surface area contributed by atoms with Crippen LogP contribution in [0.15, 0.2) is 12.1 Å². The van der Waals surface area contributed by atoms with E-state index in [9.17, 15) is 4.79 Å². The third-order valence-corrected chi connectivity index (χ3v) is 5.13. The van der Waals surface area contributed by atoms with E-state index in [1.165, 1.54) is 7.11 Å². The molecular formula is C13H15Cl2NO2S. The molecule has 0 bridgehead atoms. The summed E-state index contributed by atoms with van der Waals surface area (Å²) in [5.74, 6) is 1.61. The van der Waals surface area contributed by atoms with Gasteiger partial charge in [-0.1, -0.05) is 29.3 Å². The second-order valence-corrected chi connectivity index (χ2v) is 6.56. The summed E-state index contributed by atoms with van der Waals surface area (Å²) in [6.07, 6.45) is 2.71. The number of carbonyl (C=O) groups is 1. The van der Waals surface area contributed by atoms with E-state index in [1.54, 1.807) is 17.8 Å². The lowest BCUT2D eigenvalue weighted by atomic mass is 10.1. The van der Waals surface area contributed by atoms with Gasteiger partial charge >= 0.3 is 5.97 Å². The number of halogens is 2. The van der Waals surface area contributed by atoms with Crippen molar-refractivity contribution in [2.45, 2.75) is 25.0 Å². The van der Waals surface area contributed by atoms with Gasteiger partial charge in [0.25, 0.3) is 0 Å². The first-order valence-corrected chi connectivity index (χ1v) is 7.91. The molecule has 1 aliphatic rings. The molecule has 1 saturated carbocycles. The van der Waals surface area contributed by atoms with Crippen LogP contribution in [0.4, 0.5) is 0 Å². The Labute approximate surface area is 127 Å². The smallest absolute Gasteiger partial charge is 0.306 e. The number of esters is 1. The van der Waals surface area contributed by atoms with Gasteiger partial charge in [-0.25, -0.2) is 4.98 Å². The van der Waals surface area contributed by atoms with Crippen LogP contribution < -0.4 is 0 Å². The Bertz CT molecular complexity index is 478. The number of nitrogens with zero attached hydrogens (tertiary/aromatic N) is 1. The number of ether oxygens (including phenoxy) is 1. The summed E-state index contributed by atoms with van der Waals surface area (Å²) in [6.45, 7) is 0. The number of carbonyl (C=O) groups excluding carboxylic acids is 1. The van der Waals surface area contributed by atoms with Gasteiger partial charge in [-0.05, 0) is 35.6 Å². The second kappa shape index (κ2) is 6.33. The predicted octanol–water partition coefficient (Wildman–Crippen LogP) is 3.96. The Hall–Kier alpha value is -0.450. The van der Waals surface area contributed by atoms with Crippen LogP contribution in [0.25, 0.3) is 0 Å². The van der Waals surface area contributed by atoms with Crippen molar-refractivity contribution < 1.29 is 9.53 Å². The van der Waals surface area contributed by atoms with Gasteiger partial charge in [0.05, 0.1) is 13.5 Å². The Morgan fingerprint density at radius 3 is 2.79 bits per heavy atom. The van der Waals surface area contributed by atoms with Crippen LogP contribution in [0.3, 0.4) is 0 Å². The standard InChI is InChI=1S/C13H15Cl2NO2S/c1-18-11(17)6-13(4-5-13)8-19-7-9-2-3-10(14)16-12(9)15/h2-3H,4-8H2,1H3. The van der Waals surface area contributed by atoms with E-state index < -0.39 is 0 Å². The fraction of sp³-hybridized carbons (Fsp3) is 0.538. The van der Waals surface area contributed by atoms with Crippen LogP contribution >= 0.6 is 35.0 Å². The van der Waals surface area contributed by atoms with E-state index in [1.807, 2.05) is 6.07 Å². The normalized spacial score (nSPS) is 16.2. The zero-order valence-corrected chi connectivity index (χ0v) is 12.9. The maximum absolute atomic E-state index is 11.3. The first kappa shape index (κ1) is 14.9. The van der Waals surface area contributed by atoms with E-state index in [2.05, 4.69) is 4.98 Å². The average Bonchev–Trinajstić information content (AvgIpc) is 3.12. The molecular weight excluding hydrogens is 305 g/mol. The molecule has 104 valence electrons. The van der Waals surface area contributed by atoms with Crippen molar-refractivity contribution in [3.05, 3.63) is 28.0 Å². The lowest BCUT2D eigenvalue weighted by Crippen LogP contribution is -2.13. The van der Waals surface area contributed by atoms with Crippen LogP contribution in [0.2, 0.25) is 10.3 Å². The predicted molar refractivity (Wildman–Crippen MR) is 78.7 cm³/mol. The van der Waals surface area contributed by atoms with Crippen LogP contribution in [0, 0.1) is 5.41 Å². The Kier molecular flexibility index (Phi) is 4.98. The Balaban J connectivity index is 1.82. The van der Waals surface area contributed by atoms with E-state index in [-0.39, 0.29) is 11.4 Å². The van der Waals surface area contributed by atoms with Gasteiger partial charge in [0, 0.05) is 5.75 Å². The minimum atomic E-state index is -0.121. The molecule has 1 aliphatic carbocycles. The second-order valence-electron chi connectivity index (χ2n) is 4.83. The van der Waals surface area contributed by atoms with Crippen molar-refractivity contribution in [1.82, 2.24) is 4.98 Å². The quantitative estimate of drug-likeness (QED) is 0.587. The van der Waals surface area contributed by atoms with E-state index in [0.717, 1.165) is 29.9 Å². The summed E-state index contributed by atoms with van der Waals surface area (Å²) in [5.41, 5.74) is 1.12. The highest BCUT2D eigenvalue weighted by molar-refractivity contribution is 7.98. The summed E-state index contributed by atoms with van der Waals surface area (Å²) >= 11 is 13.5. The molecule has 1 aromatic heterocycles. The summed E-state index contributed by atoms with van der Waals surface area (Å²) < 4.78 is 4.73. The van der Waals surface area contributed by atoms with Crippen LogP contribution in [0.1, 0.15) is 24.8 Å². The molecule has 0 saturated heterocycles. The number of pyridine rings is 1. The zero-order chi connectivity index (χ0) is 13.9. The molecule has 0 aromatic carbocycles. The molecule has 0 radical (unpaired) electrons. The largest absolute Gasteiger partial charge is 0.469 e. The molecule has 2 rings (SSSR count). The van der Waals surface area contributed by atoms with Crippen LogP contribution in [0.5, 0.6) is 0 Å². The molecule has 0 atom stereocenters. The number of hydrogen-bond donors (Lipinski definition) is 0. The van der Waals surface area contributed by atoms with Gasteiger partial charge in [0.15, 0.2) is 0 Å². The molecule has 1 aromatic rings. The lowest BCUT2D eigenvalue weighted by molar-refractivity contribution is -0.141. The molecule has 19 heavy (non-hydrogen) atoms. The van der Waals surface area contributed by atoms with Crippen molar-refractivity contribution in [3.8, 4) is 0 Å². The molecule has 0 spiro atoms. The minimum Gasteiger partial charge on any atom is -0.469 e. The van der Waals surface area contributed by atoms with Gasteiger partial charge in [-0.3, -0.25) is 4.79 Å². The van der Waals surface area contributed by atoms with Gasteiger partial charge in [-0.15, -0.1) is 0 Å². The molecule has 6 heteroatoms. The zero-order valence-electron chi connectivity index (χ0n) is 10.6. The third-order valence-electron chi connectivity index (χ3n) is 3.26. The summed E-state index contributed by atoms with van der Waals surface area (Å²) in [5, 5.41) is 0.862. The van der Waals surface area contributed by atoms with Crippen molar-refractivity contribution in [2.75, 3.05) is 12.9 Å². The molecule has 0 unspecified atom stereocenters. The number of aromatic nitrogens is 1. The fourth-order valence-corrected chi connectivity index (χ4v) is 3.72. The molecule has 0 aliphatic heterocycles. The van der Waals surface area contributed by atoms with E-state index in [0.29, 0.717) is 16.7 Å². The van der Waals surface area contributed by atoms with E-state index in [4.69, 9.17) is 27.9 Å². The first-order chi connectivity index (χ1) is 9.04. The average molecular weight is 320 g/mol. The van der Waals surface area contributed by atoms with E-state index >= 15 is 0 Å². The molecule has 3 nitrogen and oxygen atoms in total. The highest BCUT2D eigenvalue weighted by Gasteiger charge is 2.44. The van der Waals surface area contributed by atoms with Gasteiger partial charge in [0.1, 0.15) is 10.3 Å². The maximum atomic E-state index is 11.3. The Morgan fingerprint density at radius 1 is 1.47 bits per heavy atom. The Morgan fingerprint density at radius 2 is 2.21 bits per heavy atom. The van der Waals surface area contributed by atoms with Gasteiger partial charge < -0.3 is 4.74 Å². The fourth-order valence-electron chi connectivity index (χ4n) is 1.85. The van der Waals surface area contributed by atoms with Gasteiger partial charge in [-0.2, -0.15) is 11.8 Å². The molecule has 1 heterocycles. The van der Waals surface area contributed by atoms with Crippen molar-refractivity contribution >= 4 is 40.9 Å². The number of thioether (sulfide) groups is 1. The van der Waals surface area contributed by atoms with Crippen LogP contribution in [-0.4, -0.2) is 23.8 Å². The maximum Gasteiger partial charge on any atom is 0.306 e. The highest BCUT2D eigenvalue weighted by Crippen LogP contribution is 2.51. The molecule has 1 fully saturated rings. The van der Waals surface area contributed by atoms with Crippen molar-refractivity contribution in [2.24, 2.45) is 5.41 Å². The van der Waals surface area contributed by atoms with Crippen molar-refractivity contribution in [3.63, 3.8) is 0 Å². The number of hydrogen-bond acceptors (Lipinski definition) is 4. The number of methoxy groups -OCH3 is 1. The SMILES string of the molecule is COC(=O)CC1(CSCc2ccc(Cl)nc2Cl)CC1. The summed E-state index contributed by atoms with van der Waals surface area (Å²) in [7, 11) is 1.44. The van der Waals surface area contributed by atoms with Crippen LogP contribution in [-0.2, 0) is 15.3 Å².